The molecule has 0 saturated carbocycles. The molecule has 0 spiro atoms. The molecule has 0 fully saturated rings. The van der Waals surface area contributed by atoms with Gasteiger partial charge < -0.3 is 9.57 Å². The quantitative estimate of drug-likeness (QED) is 0.419. The topological polar surface area (TPSA) is 81.7 Å². The van der Waals surface area contributed by atoms with Crippen LogP contribution in [0.1, 0.15) is 46.0 Å². The summed E-state index contributed by atoms with van der Waals surface area (Å²) in [5.41, 5.74) is 1.77. The Morgan fingerprint density at radius 3 is 2.29 bits per heavy atom. The second kappa shape index (κ2) is 9.62. The zero-order valence-electron chi connectivity index (χ0n) is 10.3. The molecule has 1 N–H and O–H groups in total. The highest BCUT2D eigenvalue weighted by molar-refractivity contribution is 6.33. The van der Waals surface area contributed by atoms with Gasteiger partial charge in [0.05, 0.1) is 6.61 Å². The Balaban J connectivity index is 3.68. The molecule has 0 aliphatic rings. The van der Waals surface area contributed by atoms with E-state index in [0.29, 0.717) is 6.42 Å². The lowest BCUT2D eigenvalue weighted by atomic mass is 10.2. The first-order chi connectivity index (χ1) is 8.11. The normalized spacial score (nSPS) is 9.53. The van der Waals surface area contributed by atoms with E-state index in [1.165, 1.54) is 0 Å². The van der Waals surface area contributed by atoms with Crippen LogP contribution in [0.3, 0.4) is 0 Å². The fourth-order valence-electron chi connectivity index (χ4n) is 0.923. The van der Waals surface area contributed by atoms with Crippen LogP contribution in [0.15, 0.2) is 0 Å². The fourth-order valence-corrected chi connectivity index (χ4v) is 0.923. The van der Waals surface area contributed by atoms with E-state index in [9.17, 15) is 14.4 Å². The monoisotopic (exact) mass is 245 g/mol. The van der Waals surface area contributed by atoms with Gasteiger partial charge in [0.2, 0.25) is 5.78 Å². The van der Waals surface area contributed by atoms with Crippen LogP contribution in [0.2, 0.25) is 0 Å². The summed E-state index contributed by atoms with van der Waals surface area (Å²) in [4.78, 5) is 37.4. The maximum atomic E-state index is 11.1. The van der Waals surface area contributed by atoms with Crippen LogP contribution < -0.4 is 5.48 Å². The molecule has 98 valence electrons. The number of ketones is 1. The Bertz CT molecular complexity index is 265. The first-order valence-electron chi connectivity index (χ1n) is 5.78. The molecule has 0 bridgehead atoms. The second-order valence-corrected chi connectivity index (χ2v) is 3.51. The standard InChI is InChI=1S/C11H19NO5/c1-3-5-7-9(13)10(14)17-12-11(15)16-8-6-4-2/h3-8H2,1-2H3,(H,12,15). The minimum absolute atomic E-state index is 0.127. The molecule has 17 heavy (non-hydrogen) atoms. The third kappa shape index (κ3) is 8.24. The highest BCUT2D eigenvalue weighted by Crippen LogP contribution is 1.96. The molecule has 1 amide bonds. The Kier molecular flexibility index (Phi) is 8.72. The number of Topliss-reactive ketones (excluding diaryl/α,β-unsaturated/α-hetero) is 1. The molecular formula is C11H19NO5. The van der Waals surface area contributed by atoms with Crippen molar-refractivity contribution in [3.63, 3.8) is 0 Å². The molecule has 0 aromatic rings. The minimum atomic E-state index is -1.06. The average Bonchev–Trinajstić information content (AvgIpc) is 2.33. The van der Waals surface area contributed by atoms with Gasteiger partial charge in [-0.2, -0.15) is 0 Å². The molecule has 6 nitrogen and oxygen atoms in total. The lowest BCUT2D eigenvalue weighted by Crippen LogP contribution is -2.31. The van der Waals surface area contributed by atoms with Crippen molar-refractivity contribution >= 4 is 17.8 Å². The second-order valence-electron chi connectivity index (χ2n) is 3.51. The van der Waals surface area contributed by atoms with E-state index in [4.69, 9.17) is 0 Å². The molecule has 0 atom stereocenters. The van der Waals surface area contributed by atoms with Crippen molar-refractivity contribution < 1.29 is 24.0 Å². The van der Waals surface area contributed by atoms with Gasteiger partial charge in [-0.1, -0.05) is 26.7 Å². The number of carbonyl (C=O) groups is 3. The molecule has 0 aliphatic heterocycles. The van der Waals surface area contributed by atoms with Crippen molar-refractivity contribution in [2.24, 2.45) is 0 Å². The maximum absolute atomic E-state index is 11.1. The van der Waals surface area contributed by atoms with E-state index in [1.807, 2.05) is 13.8 Å². The number of nitrogens with one attached hydrogen (secondary N) is 1. The molecular weight excluding hydrogens is 226 g/mol. The van der Waals surface area contributed by atoms with E-state index >= 15 is 0 Å². The number of unbranched alkanes of at least 4 members (excludes halogenated alkanes) is 2. The van der Waals surface area contributed by atoms with Gasteiger partial charge in [0.1, 0.15) is 0 Å². The predicted octanol–water partition coefficient (Wildman–Crippen LogP) is 1.73. The third-order valence-corrected chi connectivity index (χ3v) is 1.94. The summed E-state index contributed by atoms with van der Waals surface area (Å²) in [6, 6.07) is 0. The highest BCUT2D eigenvalue weighted by atomic mass is 16.7. The molecule has 0 aromatic carbocycles. The number of ether oxygens (including phenoxy) is 1. The molecule has 0 rings (SSSR count). The van der Waals surface area contributed by atoms with Crippen molar-refractivity contribution in [1.29, 1.82) is 0 Å². The molecule has 0 aliphatic carbocycles. The summed E-state index contributed by atoms with van der Waals surface area (Å²) in [5.74, 6) is -1.72. The Labute approximate surface area is 101 Å². The Hall–Kier alpha value is -1.59. The molecule has 0 aromatic heterocycles. The van der Waals surface area contributed by atoms with E-state index in [2.05, 4.69) is 9.57 Å². The average molecular weight is 245 g/mol. The summed E-state index contributed by atoms with van der Waals surface area (Å²) >= 11 is 0. The minimum Gasteiger partial charge on any atom is -0.447 e. The van der Waals surface area contributed by atoms with Gasteiger partial charge in [0, 0.05) is 6.42 Å². The van der Waals surface area contributed by atoms with Crippen LogP contribution in [0.5, 0.6) is 0 Å². The van der Waals surface area contributed by atoms with Crippen LogP contribution >= 0.6 is 0 Å². The zero-order chi connectivity index (χ0) is 13.1. The largest absolute Gasteiger partial charge is 0.447 e. The third-order valence-electron chi connectivity index (χ3n) is 1.94. The van der Waals surface area contributed by atoms with Gasteiger partial charge in [-0.25, -0.2) is 9.59 Å². The van der Waals surface area contributed by atoms with Crippen LogP contribution in [0, 0.1) is 0 Å². The van der Waals surface area contributed by atoms with Gasteiger partial charge >= 0.3 is 12.1 Å². The zero-order valence-corrected chi connectivity index (χ0v) is 10.3. The van der Waals surface area contributed by atoms with Gasteiger partial charge in [0.15, 0.2) is 0 Å². The van der Waals surface area contributed by atoms with Crippen LogP contribution in [-0.4, -0.2) is 24.5 Å². The Morgan fingerprint density at radius 1 is 1.06 bits per heavy atom. The number of hydrogen-bond acceptors (Lipinski definition) is 5. The first-order valence-corrected chi connectivity index (χ1v) is 5.78. The van der Waals surface area contributed by atoms with Crippen LogP contribution in [0.25, 0.3) is 0 Å². The molecule has 0 heterocycles. The lowest BCUT2D eigenvalue weighted by Gasteiger charge is -2.05. The first kappa shape index (κ1) is 15.4. The summed E-state index contributed by atoms with van der Waals surface area (Å²) in [7, 11) is 0. The number of rotatable bonds is 7. The van der Waals surface area contributed by atoms with Gasteiger partial charge in [-0.05, 0) is 12.8 Å². The van der Waals surface area contributed by atoms with Crippen LogP contribution in [0.4, 0.5) is 4.79 Å². The molecule has 6 heteroatoms. The molecule has 0 unspecified atom stereocenters. The van der Waals surface area contributed by atoms with E-state index in [-0.39, 0.29) is 13.0 Å². The summed E-state index contributed by atoms with van der Waals surface area (Å²) in [6.45, 7) is 4.11. The van der Waals surface area contributed by atoms with Gasteiger partial charge in [-0.3, -0.25) is 4.79 Å². The maximum Gasteiger partial charge on any atom is 0.440 e. The predicted molar refractivity (Wildman–Crippen MR) is 60.0 cm³/mol. The van der Waals surface area contributed by atoms with Gasteiger partial charge in [-0.15, -0.1) is 5.48 Å². The van der Waals surface area contributed by atoms with Crippen molar-refractivity contribution in [2.75, 3.05) is 6.61 Å². The summed E-state index contributed by atoms with van der Waals surface area (Å²) in [5, 5.41) is 0. The fraction of sp³-hybridized carbons (Fsp3) is 0.727. The molecule has 0 saturated heterocycles. The van der Waals surface area contributed by atoms with E-state index in [1.54, 1.807) is 5.48 Å². The number of carbonyl (C=O) groups excluding carboxylic acids is 3. The number of hydrogen-bond donors (Lipinski definition) is 1. The van der Waals surface area contributed by atoms with Gasteiger partial charge in [0.25, 0.3) is 0 Å². The van der Waals surface area contributed by atoms with Crippen molar-refractivity contribution in [2.45, 2.75) is 46.0 Å². The van der Waals surface area contributed by atoms with E-state index < -0.39 is 17.8 Å². The van der Waals surface area contributed by atoms with Crippen molar-refractivity contribution in [3.05, 3.63) is 0 Å². The smallest absolute Gasteiger partial charge is 0.440 e. The summed E-state index contributed by atoms with van der Waals surface area (Å²) in [6.07, 6.45) is 2.32. The molecule has 0 radical (unpaired) electrons. The lowest BCUT2D eigenvalue weighted by molar-refractivity contribution is -0.158. The summed E-state index contributed by atoms with van der Waals surface area (Å²) < 4.78 is 4.66. The SMILES string of the molecule is CCCCOC(=O)NOC(=O)C(=O)CCCC. The number of hydroxylamine groups is 1. The number of amides is 1. The van der Waals surface area contributed by atoms with Crippen molar-refractivity contribution in [1.82, 2.24) is 5.48 Å². The Morgan fingerprint density at radius 2 is 1.71 bits per heavy atom. The van der Waals surface area contributed by atoms with E-state index in [0.717, 1.165) is 19.3 Å². The highest BCUT2D eigenvalue weighted by Gasteiger charge is 2.16. The van der Waals surface area contributed by atoms with Crippen molar-refractivity contribution in [3.8, 4) is 0 Å². The van der Waals surface area contributed by atoms with Crippen LogP contribution in [-0.2, 0) is 19.2 Å².